The van der Waals surface area contributed by atoms with Crippen LogP contribution < -0.4 is 15.0 Å². The highest BCUT2D eigenvalue weighted by Gasteiger charge is 2.14. The van der Waals surface area contributed by atoms with Crippen LogP contribution in [0.2, 0.25) is 0 Å². The molecule has 0 bridgehead atoms. The minimum atomic E-state index is 0.486. The number of fused-ring (bicyclic) bond motifs is 1. The molecule has 1 N–H and O–H groups in total. The predicted molar refractivity (Wildman–Crippen MR) is 93.3 cm³/mol. The van der Waals surface area contributed by atoms with Gasteiger partial charge in [-0.2, -0.15) is 4.98 Å². The SMILES string of the molecule is COc1[c]cc2c(Nc3nccc(N4CCOCC4)n3)ncnc2c1. The summed E-state index contributed by atoms with van der Waals surface area (Å²) in [6.45, 7) is 3.06. The molecule has 1 fully saturated rings. The van der Waals surface area contributed by atoms with Gasteiger partial charge >= 0.3 is 0 Å². The minimum Gasteiger partial charge on any atom is -0.496 e. The van der Waals surface area contributed by atoms with Crippen LogP contribution in [0.1, 0.15) is 0 Å². The zero-order valence-electron chi connectivity index (χ0n) is 13.8. The van der Waals surface area contributed by atoms with Gasteiger partial charge in [-0.05, 0) is 12.1 Å². The van der Waals surface area contributed by atoms with Crippen molar-refractivity contribution in [1.29, 1.82) is 0 Å². The third-order valence-electron chi connectivity index (χ3n) is 3.97. The standard InChI is InChI=1S/C17H17N6O2/c1-24-12-2-3-13-14(10-12)19-11-20-16(13)22-17-18-5-4-15(21-17)23-6-8-25-9-7-23/h3-5,10-11H,6-9H2,1H3,(H,18,19,20,21,22). The summed E-state index contributed by atoms with van der Waals surface area (Å²) in [6.07, 6.45) is 3.23. The van der Waals surface area contributed by atoms with Gasteiger partial charge in [0.05, 0.1) is 25.8 Å². The van der Waals surface area contributed by atoms with E-state index in [1.165, 1.54) is 6.33 Å². The second-order valence-corrected chi connectivity index (χ2v) is 5.49. The summed E-state index contributed by atoms with van der Waals surface area (Å²) < 4.78 is 10.6. The van der Waals surface area contributed by atoms with Crippen molar-refractivity contribution in [2.24, 2.45) is 0 Å². The minimum absolute atomic E-state index is 0.486. The summed E-state index contributed by atoms with van der Waals surface area (Å²) >= 11 is 0. The normalized spacial score (nSPS) is 14.5. The fourth-order valence-electron chi connectivity index (χ4n) is 2.68. The maximum absolute atomic E-state index is 5.38. The third kappa shape index (κ3) is 3.29. The molecule has 0 aliphatic carbocycles. The molecule has 2 aromatic heterocycles. The van der Waals surface area contributed by atoms with Gasteiger partial charge in [-0.3, -0.25) is 0 Å². The van der Waals surface area contributed by atoms with Crippen molar-refractivity contribution >= 4 is 28.5 Å². The molecule has 127 valence electrons. The van der Waals surface area contributed by atoms with Crippen LogP contribution in [-0.2, 0) is 4.74 Å². The topological polar surface area (TPSA) is 85.3 Å². The molecular formula is C17H17N6O2. The van der Waals surface area contributed by atoms with E-state index in [4.69, 9.17) is 9.47 Å². The average molecular weight is 337 g/mol. The molecule has 0 atom stereocenters. The zero-order valence-corrected chi connectivity index (χ0v) is 13.8. The Labute approximate surface area is 144 Å². The fraction of sp³-hybridized carbons (Fsp3) is 0.294. The van der Waals surface area contributed by atoms with Gasteiger partial charge in [0.15, 0.2) is 0 Å². The number of hydrogen-bond donors (Lipinski definition) is 1. The maximum Gasteiger partial charge on any atom is 0.230 e. The molecule has 1 aliphatic rings. The van der Waals surface area contributed by atoms with E-state index < -0.39 is 0 Å². The summed E-state index contributed by atoms with van der Waals surface area (Å²) in [7, 11) is 1.60. The molecule has 0 saturated carbocycles. The van der Waals surface area contributed by atoms with Gasteiger partial charge in [-0.15, -0.1) is 0 Å². The molecule has 3 heterocycles. The van der Waals surface area contributed by atoms with Crippen LogP contribution in [0, 0.1) is 6.07 Å². The molecule has 3 aromatic rings. The van der Waals surface area contributed by atoms with E-state index in [-0.39, 0.29) is 0 Å². The van der Waals surface area contributed by atoms with Crippen molar-refractivity contribution in [3.05, 3.63) is 36.8 Å². The number of ether oxygens (including phenoxy) is 2. The Hall–Kier alpha value is -3.00. The molecular weight excluding hydrogens is 320 g/mol. The second-order valence-electron chi connectivity index (χ2n) is 5.49. The molecule has 0 amide bonds. The van der Waals surface area contributed by atoms with E-state index in [1.54, 1.807) is 19.4 Å². The Kier molecular flexibility index (Phi) is 4.26. The largest absolute Gasteiger partial charge is 0.496 e. The molecule has 1 aliphatic heterocycles. The first kappa shape index (κ1) is 15.5. The maximum atomic E-state index is 5.38. The number of aromatic nitrogens is 4. The van der Waals surface area contributed by atoms with Crippen LogP contribution >= 0.6 is 0 Å². The Balaban J connectivity index is 1.63. The van der Waals surface area contributed by atoms with Gasteiger partial charge < -0.3 is 19.7 Å². The molecule has 8 nitrogen and oxygen atoms in total. The van der Waals surface area contributed by atoms with E-state index in [0.717, 1.165) is 29.8 Å². The van der Waals surface area contributed by atoms with Crippen LogP contribution in [0.4, 0.5) is 17.6 Å². The highest BCUT2D eigenvalue weighted by Crippen LogP contribution is 2.25. The number of hydrogen-bond acceptors (Lipinski definition) is 8. The first-order chi connectivity index (χ1) is 12.3. The summed E-state index contributed by atoms with van der Waals surface area (Å²) in [6, 6.07) is 8.55. The van der Waals surface area contributed by atoms with Crippen molar-refractivity contribution < 1.29 is 9.47 Å². The van der Waals surface area contributed by atoms with E-state index in [0.29, 0.717) is 30.7 Å². The lowest BCUT2D eigenvalue weighted by Gasteiger charge is -2.27. The number of rotatable bonds is 4. The number of anilines is 3. The number of methoxy groups -OCH3 is 1. The molecule has 0 spiro atoms. The Morgan fingerprint density at radius 3 is 2.96 bits per heavy atom. The van der Waals surface area contributed by atoms with Crippen molar-refractivity contribution in [3.8, 4) is 5.75 Å². The Bertz CT molecular complexity index is 882. The Morgan fingerprint density at radius 1 is 1.24 bits per heavy atom. The smallest absolute Gasteiger partial charge is 0.230 e. The first-order valence-electron chi connectivity index (χ1n) is 7.97. The lowest BCUT2D eigenvalue weighted by molar-refractivity contribution is 0.122. The molecule has 0 unspecified atom stereocenters. The van der Waals surface area contributed by atoms with E-state index in [9.17, 15) is 0 Å². The zero-order chi connectivity index (χ0) is 17.1. The number of benzene rings is 1. The van der Waals surface area contributed by atoms with Crippen LogP contribution in [-0.4, -0.2) is 53.3 Å². The summed E-state index contributed by atoms with van der Waals surface area (Å²) in [5, 5.41) is 3.99. The number of nitrogens with zero attached hydrogens (tertiary/aromatic N) is 5. The van der Waals surface area contributed by atoms with Gasteiger partial charge in [-0.1, -0.05) is 0 Å². The summed E-state index contributed by atoms with van der Waals surface area (Å²) in [5.41, 5.74) is 0.762. The van der Waals surface area contributed by atoms with Crippen molar-refractivity contribution in [3.63, 3.8) is 0 Å². The fourth-order valence-corrected chi connectivity index (χ4v) is 2.68. The molecule has 1 aromatic carbocycles. The molecule has 1 radical (unpaired) electrons. The van der Waals surface area contributed by atoms with Crippen LogP contribution in [0.15, 0.2) is 30.7 Å². The highest BCUT2D eigenvalue weighted by atomic mass is 16.5. The highest BCUT2D eigenvalue weighted by molar-refractivity contribution is 5.90. The van der Waals surface area contributed by atoms with Gasteiger partial charge in [0.2, 0.25) is 5.95 Å². The quantitative estimate of drug-likeness (QED) is 0.771. The number of morpholine rings is 1. The Morgan fingerprint density at radius 2 is 2.12 bits per heavy atom. The van der Waals surface area contributed by atoms with Gasteiger partial charge in [0.1, 0.15) is 23.7 Å². The van der Waals surface area contributed by atoms with Gasteiger partial charge in [0, 0.05) is 36.8 Å². The summed E-state index contributed by atoms with van der Waals surface area (Å²) in [4.78, 5) is 19.6. The van der Waals surface area contributed by atoms with Crippen LogP contribution in [0.25, 0.3) is 10.9 Å². The van der Waals surface area contributed by atoms with Crippen LogP contribution in [0.5, 0.6) is 5.75 Å². The average Bonchev–Trinajstić information content (AvgIpc) is 2.69. The third-order valence-corrected chi connectivity index (χ3v) is 3.97. The van der Waals surface area contributed by atoms with Crippen molar-refractivity contribution in [2.45, 2.75) is 0 Å². The first-order valence-corrected chi connectivity index (χ1v) is 7.97. The molecule has 8 heteroatoms. The van der Waals surface area contributed by atoms with Crippen LogP contribution in [0.3, 0.4) is 0 Å². The van der Waals surface area contributed by atoms with Crippen molar-refractivity contribution in [2.75, 3.05) is 43.6 Å². The molecule has 4 rings (SSSR count). The van der Waals surface area contributed by atoms with E-state index in [1.807, 2.05) is 12.1 Å². The predicted octanol–water partition coefficient (Wildman–Crippen LogP) is 1.81. The number of nitrogens with one attached hydrogen (secondary N) is 1. The molecule has 25 heavy (non-hydrogen) atoms. The molecule has 1 saturated heterocycles. The summed E-state index contributed by atoms with van der Waals surface area (Å²) in [5.74, 6) is 2.61. The van der Waals surface area contributed by atoms with E-state index in [2.05, 4.69) is 36.2 Å². The lowest BCUT2D eigenvalue weighted by Crippen LogP contribution is -2.36. The van der Waals surface area contributed by atoms with Crippen molar-refractivity contribution in [1.82, 2.24) is 19.9 Å². The van der Waals surface area contributed by atoms with E-state index >= 15 is 0 Å². The van der Waals surface area contributed by atoms with Gasteiger partial charge in [-0.25, -0.2) is 15.0 Å². The lowest BCUT2D eigenvalue weighted by atomic mass is 10.2. The van der Waals surface area contributed by atoms with Gasteiger partial charge in [0.25, 0.3) is 0 Å². The second kappa shape index (κ2) is 6.86. The monoisotopic (exact) mass is 337 g/mol.